The Morgan fingerprint density at radius 1 is 1.03 bits per heavy atom. The highest BCUT2D eigenvalue weighted by Gasteiger charge is 2.60. The molecule has 3 aliphatic rings. The van der Waals surface area contributed by atoms with Gasteiger partial charge in [-0.25, -0.2) is 0 Å². The maximum atomic E-state index is 11.9. The zero-order valence-electron chi connectivity index (χ0n) is 17.6. The van der Waals surface area contributed by atoms with Gasteiger partial charge >= 0.3 is 0 Å². The third-order valence-corrected chi connectivity index (χ3v) is 8.51. The highest BCUT2D eigenvalue weighted by molar-refractivity contribution is 6.31. The van der Waals surface area contributed by atoms with Crippen molar-refractivity contribution in [1.29, 1.82) is 0 Å². The summed E-state index contributed by atoms with van der Waals surface area (Å²) in [4.78, 5) is 0. The highest BCUT2D eigenvalue weighted by atomic mass is 35.5. The normalized spacial score (nSPS) is 33.8. The summed E-state index contributed by atoms with van der Waals surface area (Å²) in [5.74, 6) is 7.95. The number of fused-ring (bicyclic) bond motifs is 5. The van der Waals surface area contributed by atoms with E-state index in [0.29, 0.717) is 22.6 Å². The Morgan fingerprint density at radius 3 is 2.55 bits per heavy atom. The average Bonchev–Trinajstić information content (AvgIpc) is 2.76. The predicted octanol–water partition coefficient (Wildman–Crippen LogP) is 5.47. The van der Waals surface area contributed by atoms with Gasteiger partial charge in [0.05, 0.1) is 5.03 Å². The van der Waals surface area contributed by atoms with E-state index < -0.39 is 11.0 Å². The second-order valence-electron chi connectivity index (χ2n) is 9.55. The molecule has 1 saturated carbocycles. The van der Waals surface area contributed by atoms with Crippen molar-refractivity contribution in [3.8, 4) is 23.3 Å². The number of halogens is 1. The first-order valence-corrected chi connectivity index (χ1v) is 11.4. The van der Waals surface area contributed by atoms with Crippen LogP contribution in [0.5, 0.6) is 11.5 Å². The van der Waals surface area contributed by atoms with E-state index in [1.165, 1.54) is 11.1 Å². The Morgan fingerprint density at radius 2 is 1.77 bits per heavy atom. The van der Waals surface area contributed by atoms with Crippen molar-refractivity contribution >= 4 is 11.6 Å². The van der Waals surface area contributed by atoms with Gasteiger partial charge in [0.1, 0.15) is 11.5 Å². The van der Waals surface area contributed by atoms with Crippen molar-refractivity contribution in [1.82, 2.24) is 0 Å². The summed E-state index contributed by atoms with van der Waals surface area (Å²) >= 11 is 6.64. The number of rotatable bonds is 0. The lowest BCUT2D eigenvalue weighted by Gasteiger charge is -2.58. The van der Waals surface area contributed by atoms with Crippen LogP contribution in [0, 0.1) is 29.1 Å². The topological polar surface area (TPSA) is 60.7 Å². The first-order chi connectivity index (χ1) is 14.8. The molecule has 0 bridgehead atoms. The number of hydrogen-bond donors (Lipinski definition) is 3. The van der Waals surface area contributed by atoms with E-state index in [4.69, 9.17) is 11.6 Å². The van der Waals surface area contributed by atoms with Crippen LogP contribution < -0.4 is 0 Å². The minimum absolute atomic E-state index is 0.191. The summed E-state index contributed by atoms with van der Waals surface area (Å²) in [6.07, 6.45) is 6.63. The Bertz CT molecular complexity index is 1110. The van der Waals surface area contributed by atoms with E-state index in [1.54, 1.807) is 30.3 Å². The SMILES string of the molecule is C[C@]12CC[C@@H]3c4ccc(O)cc4CC[C@H]3[C@@H]1CC=C(Cl)[C@@]2(O)C#Cc1ccc(O)cc1. The lowest BCUT2D eigenvalue weighted by atomic mass is 9.48. The second-order valence-corrected chi connectivity index (χ2v) is 9.96. The Kier molecular flexibility index (Phi) is 4.84. The zero-order valence-corrected chi connectivity index (χ0v) is 18.4. The monoisotopic (exact) mass is 434 g/mol. The van der Waals surface area contributed by atoms with E-state index in [-0.39, 0.29) is 11.7 Å². The predicted molar refractivity (Wildman–Crippen MR) is 122 cm³/mol. The molecule has 0 spiro atoms. The molecule has 0 radical (unpaired) electrons. The van der Waals surface area contributed by atoms with Gasteiger partial charge in [-0.2, -0.15) is 0 Å². The molecule has 0 aliphatic heterocycles. The standard InChI is InChI=1S/C27H27ClO3/c1-26-14-13-22-21-9-7-20(30)16-18(21)4-8-23(22)24(26)10-11-25(28)27(26,31)15-12-17-2-5-19(29)6-3-17/h2-3,5-7,9,11,16,22-24,29-31H,4,8,10,13-14H2,1H3/t22-,23-,24+,26+,27+/m1/s1. The van der Waals surface area contributed by atoms with Crippen LogP contribution in [0.4, 0.5) is 0 Å². The number of allylic oxidation sites excluding steroid dienone is 1. The van der Waals surface area contributed by atoms with Gasteiger partial charge in [-0.05, 0) is 97.4 Å². The molecular formula is C27H27ClO3. The molecule has 3 N–H and O–H groups in total. The van der Waals surface area contributed by atoms with E-state index in [2.05, 4.69) is 24.8 Å². The second kappa shape index (κ2) is 7.33. The fraction of sp³-hybridized carbons (Fsp3) is 0.407. The first-order valence-electron chi connectivity index (χ1n) is 11.0. The molecule has 160 valence electrons. The zero-order chi connectivity index (χ0) is 21.8. The molecule has 3 nitrogen and oxygen atoms in total. The Balaban J connectivity index is 1.52. The van der Waals surface area contributed by atoms with Crippen molar-refractivity contribution in [2.45, 2.75) is 50.5 Å². The first kappa shape index (κ1) is 20.5. The van der Waals surface area contributed by atoms with E-state index in [0.717, 1.165) is 37.7 Å². The smallest absolute Gasteiger partial charge is 0.166 e. The summed E-state index contributed by atoms with van der Waals surface area (Å²) in [5.41, 5.74) is 1.53. The molecule has 0 amide bonds. The largest absolute Gasteiger partial charge is 0.508 e. The van der Waals surface area contributed by atoms with Gasteiger partial charge in [0.15, 0.2) is 5.60 Å². The van der Waals surface area contributed by atoms with E-state index in [9.17, 15) is 15.3 Å². The fourth-order valence-corrected chi connectivity index (χ4v) is 6.69. The molecule has 2 aromatic rings. The molecule has 3 aliphatic carbocycles. The van der Waals surface area contributed by atoms with Crippen LogP contribution in [-0.2, 0) is 6.42 Å². The van der Waals surface area contributed by atoms with Gasteiger partial charge in [0.2, 0.25) is 0 Å². The quantitative estimate of drug-likeness (QED) is 0.482. The number of benzene rings is 2. The minimum atomic E-state index is -1.39. The van der Waals surface area contributed by atoms with Crippen molar-refractivity contribution < 1.29 is 15.3 Å². The van der Waals surface area contributed by atoms with Crippen LogP contribution in [-0.4, -0.2) is 20.9 Å². The summed E-state index contributed by atoms with van der Waals surface area (Å²) in [5, 5.41) is 31.7. The molecule has 5 rings (SSSR count). The van der Waals surface area contributed by atoms with Gasteiger partial charge in [-0.1, -0.05) is 42.5 Å². The molecule has 0 saturated heterocycles. The Hall–Kier alpha value is -2.41. The molecule has 4 heteroatoms. The number of phenolic OH excluding ortho intramolecular Hbond substituents is 2. The third-order valence-electron chi connectivity index (χ3n) is 8.08. The molecule has 0 unspecified atom stereocenters. The van der Waals surface area contributed by atoms with Crippen molar-refractivity contribution in [3.63, 3.8) is 0 Å². The number of aliphatic hydroxyl groups is 1. The van der Waals surface area contributed by atoms with E-state index in [1.807, 2.05) is 12.1 Å². The molecule has 5 atom stereocenters. The molecule has 1 fully saturated rings. The minimum Gasteiger partial charge on any atom is -0.508 e. The molecular weight excluding hydrogens is 408 g/mol. The number of hydrogen-bond acceptors (Lipinski definition) is 3. The van der Waals surface area contributed by atoms with Crippen LogP contribution in [0.25, 0.3) is 0 Å². The van der Waals surface area contributed by atoms with Crippen LogP contribution in [0.1, 0.15) is 55.2 Å². The molecule has 0 heterocycles. The van der Waals surface area contributed by atoms with Crippen molar-refractivity contribution in [3.05, 3.63) is 70.3 Å². The summed E-state index contributed by atoms with van der Waals surface area (Å²) in [6.45, 7) is 2.15. The number of aromatic hydroxyl groups is 2. The fourth-order valence-electron chi connectivity index (χ4n) is 6.33. The maximum Gasteiger partial charge on any atom is 0.166 e. The van der Waals surface area contributed by atoms with Crippen LogP contribution in [0.15, 0.2) is 53.6 Å². The lowest BCUT2D eigenvalue weighted by molar-refractivity contribution is -0.0925. The van der Waals surface area contributed by atoms with Crippen LogP contribution >= 0.6 is 11.6 Å². The van der Waals surface area contributed by atoms with Gasteiger partial charge in [-0.15, -0.1) is 0 Å². The van der Waals surface area contributed by atoms with Gasteiger partial charge in [0.25, 0.3) is 0 Å². The number of aryl methyl sites for hydroxylation is 1. The van der Waals surface area contributed by atoms with Gasteiger partial charge in [0, 0.05) is 11.0 Å². The van der Waals surface area contributed by atoms with Crippen molar-refractivity contribution in [2.75, 3.05) is 0 Å². The van der Waals surface area contributed by atoms with Gasteiger partial charge < -0.3 is 15.3 Å². The third kappa shape index (κ3) is 3.16. The van der Waals surface area contributed by atoms with Crippen molar-refractivity contribution in [2.24, 2.45) is 17.3 Å². The highest BCUT2D eigenvalue weighted by Crippen LogP contribution is 2.62. The van der Waals surface area contributed by atoms with Gasteiger partial charge in [-0.3, -0.25) is 0 Å². The van der Waals surface area contributed by atoms with Crippen LogP contribution in [0.2, 0.25) is 0 Å². The van der Waals surface area contributed by atoms with E-state index >= 15 is 0 Å². The summed E-state index contributed by atoms with van der Waals surface area (Å²) in [6, 6.07) is 12.5. The maximum absolute atomic E-state index is 11.9. The molecule has 31 heavy (non-hydrogen) atoms. The summed E-state index contributed by atoms with van der Waals surface area (Å²) < 4.78 is 0. The summed E-state index contributed by atoms with van der Waals surface area (Å²) in [7, 11) is 0. The average molecular weight is 435 g/mol. The number of phenols is 2. The van der Waals surface area contributed by atoms with Crippen LogP contribution in [0.3, 0.4) is 0 Å². The Labute approximate surface area is 188 Å². The molecule has 0 aromatic heterocycles. The molecule has 2 aromatic carbocycles. The lowest BCUT2D eigenvalue weighted by Crippen LogP contribution is -2.57.